The summed E-state index contributed by atoms with van der Waals surface area (Å²) in [5.41, 5.74) is 8.09. The molecule has 0 atom stereocenters. The maximum Gasteiger partial charge on any atom is 0.0440 e. The predicted octanol–water partition coefficient (Wildman–Crippen LogP) is 7.68. The van der Waals surface area contributed by atoms with Crippen LogP contribution in [-0.2, 0) is 0 Å². The first-order valence-electron chi connectivity index (χ1n) is 8.96. The van der Waals surface area contributed by atoms with Crippen LogP contribution in [0.15, 0.2) is 78.9 Å². The Balaban J connectivity index is 1.62. The first-order chi connectivity index (χ1) is 12.8. The molecule has 5 aromatic rings. The second kappa shape index (κ2) is 5.06. The lowest BCUT2D eigenvalue weighted by molar-refractivity contribution is 1.47. The van der Waals surface area contributed by atoms with Crippen LogP contribution in [0.4, 0.5) is 0 Å². The Bertz CT molecular complexity index is 1310. The van der Waals surface area contributed by atoms with E-state index in [4.69, 9.17) is 0 Å². The van der Waals surface area contributed by atoms with Gasteiger partial charge in [0.05, 0.1) is 0 Å². The zero-order chi connectivity index (χ0) is 17.3. The van der Waals surface area contributed by atoms with Gasteiger partial charge in [0.1, 0.15) is 0 Å². The molecule has 6 rings (SSSR count). The SMILES string of the molecule is Cc1ccc(-c2ccc3c4c(sc3c2)-c2cccc3cccc-4c23)cc1. The summed E-state index contributed by atoms with van der Waals surface area (Å²) in [5.74, 6) is 0. The van der Waals surface area contributed by atoms with Crippen LogP contribution in [0, 0.1) is 6.92 Å². The maximum atomic E-state index is 2.35. The molecule has 0 aliphatic heterocycles. The van der Waals surface area contributed by atoms with E-state index in [2.05, 4.69) is 85.8 Å². The molecule has 0 radical (unpaired) electrons. The highest BCUT2D eigenvalue weighted by molar-refractivity contribution is 7.23. The lowest BCUT2D eigenvalue weighted by Crippen LogP contribution is -1.79. The number of rotatable bonds is 1. The fraction of sp³-hybridized carbons (Fsp3) is 0.0400. The van der Waals surface area contributed by atoms with Crippen molar-refractivity contribution in [2.45, 2.75) is 6.92 Å². The lowest BCUT2D eigenvalue weighted by Gasteiger charge is -2.05. The number of thiophene rings is 1. The van der Waals surface area contributed by atoms with Crippen LogP contribution in [0.1, 0.15) is 5.56 Å². The molecule has 0 saturated carbocycles. The van der Waals surface area contributed by atoms with E-state index in [1.807, 2.05) is 11.3 Å². The largest absolute Gasteiger partial charge is 0.134 e. The van der Waals surface area contributed by atoms with Crippen LogP contribution >= 0.6 is 11.3 Å². The summed E-state index contributed by atoms with van der Waals surface area (Å²) in [6, 6.07) is 29.1. The number of benzene rings is 4. The molecule has 0 N–H and O–H groups in total. The molecule has 1 aliphatic rings. The van der Waals surface area contributed by atoms with Crippen LogP contribution < -0.4 is 0 Å². The van der Waals surface area contributed by atoms with Gasteiger partial charge in [0.25, 0.3) is 0 Å². The average Bonchev–Trinajstić information content (AvgIpc) is 3.19. The van der Waals surface area contributed by atoms with Gasteiger partial charge in [0.2, 0.25) is 0 Å². The Labute approximate surface area is 156 Å². The highest BCUT2D eigenvalue weighted by atomic mass is 32.1. The summed E-state index contributed by atoms with van der Waals surface area (Å²) >= 11 is 1.93. The molecule has 1 aliphatic carbocycles. The molecule has 0 nitrogen and oxygen atoms in total. The minimum Gasteiger partial charge on any atom is -0.134 e. The van der Waals surface area contributed by atoms with Crippen molar-refractivity contribution >= 4 is 32.2 Å². The van der Waals surface area contributed by atoms with Gasteiger partial charge in [-0.25, -0.2) is 0 Å². The molecule has 0 unspecified atom stereocenters. The Hall–Kier alpha value is -2.90. The number of hydrogen-bond acceptors (Lipinski definition) is 1. The van der Waals surface area contributed by atoms with Gasteiger partial charge in [-0.15, -0.1) is 11.3 Å². The molecule has 122 valence electrons. The molecule has 26 heavy (non-hydrogen) atoms. The van der Waals surface area contributed by atoms with Crippen LogP contribution in [0.25, 0.3) is 53.6 Å². The summed E-state index contributed by atoms with van der Waals surface area (Å²) in [5, 5.41) is 4.14. The normalized spacial score (nSPS) is 12.0. The summed E-state index contributed by atoms with van der Waals surface area (Å²) < 4.78 is 1.37. The van der Waals surface area contributed by atoms with Gasteiger partial charge >= 0.3 is 0 Å². The van der Waals surface area contributed by atoms with Gasteiger partial charge < -0.3 is 0 Å². The van der Waals surface area contributed by atoms with Crippen molar-refractivity contribution in [3.63, 3.8) is 0 Å². The molecular formula is C25H16S. The molecule has 1 aromatic heterocycles. The minimum atomic E-state index is 1.29. The quantitative estimate of drug-likeness (QED) is 0.286. The van der Waals surface area contributed by atoms with E-state index in [0.29, 0.717) is 0 Å². The van der Waals surface area contributed by atoms with Crippen molar-refractivity contribution in [2.75, 3.05) is 0 Å². The smallest absolute Gasteiger partial charge is 0.0440 e. The van der Waals surface area contributed by atoms with Crippen molar-refractivity contribution in [2.24, 2.45) is 0 Å². The van der Waals surface area contributed by atoms with Gasteiger partial charge in [-0.1, -0.05) is 78.4 Å². The lowest BCUT2D eigenvalue weighted by atomic mass is 9.99. The van der Waals surface area contributed by atoms with Crippen molar-refractivity contribution in [3.8, 4) is 32.7 Å². The maximum absolute atomic E-state index is 2.35. The molecule has 1 heterocycles. The predicted molar refractivity (Wildman–Crippen MR) is 114 cm³/mol. The van der Waals surface area contributed by atoms with E-state index in [9.17, 15) is 0 Å². The van der Waals surface area contributed by atoms with Crippen LogP contribution in [0.5, 0.6) is 0 Å². The molecule has 0 amide bonds. The Kier molecular flexibility index (Phi) is 2.78. The van der Waals surface area contributed by atoms with Gasteiger partial charge in [-0.2, -0.15) is 0 Å². The topological polar surface area (TPSA) is 0 Å². The monoisotopic (exact) mass is 348 g/mol. The van der Waals surface area contributed by atoms with Crippen LogP contribution in [0.3, 0.4) is 0 Å². The summed E-state index contributed by atoms with van der Waals surface area (Å²) in [6.07, 6.45) is 0. The summed E-state index contributed by atoms with van der Waals surface area (Å²) in [6.45, 7) is 2.13. The molecular weight excluding hydrogens is 332 g/mol. The molecule has 0 spiro atoms. The highest BCUT2D eigenvalue weighted by Crippen LogP contribution is 2.54. The van der Waals surface area contributed by atoms with E-state index in [-0.39, 0.29) is 0 Å². The Morgan fingerprint density at radius 3 is 2.23 bits per heavy atom. The fourth-order valence-corrected chi connectivity index (χ4v) is 5.51. The molecule has 4 aromatic carbocycles. The third-order valence-electron chi connectivity index (χ3n) is 5.49. The third-order valence-corrected chi connectivity index (χ3v) is 6.68. The number of hydrogen-bond donors (Lipinski definition) is 0. The van der Waals surface area contributed by atoms with E-state index in [1.165, 1.54) is 59.1 Å². The van der Waals surface area contributed by atoms with Crippen LogP contribution in [0.2, 0.25) is 0 Å². The van der Waals surface area contributed by atoms with Crippen molar-refractivity contribution in [3.05, 3.63) is 84.4 Å². The van der Waals surface area contributed by atoms with Crippen LogP contribution in [-0.4, -0.2) is 0 Å². The zero-order valence-corrected chi connectivity index (χ0v) is 15.2. The van der Waals surface area contributed by atoms with Crippen molar-refractivity contribution in [1.82, 2.24) is 0 Å². The Morgan fingerprint density at radius 1 is 0.692 bits per heavy atom. The number of aryl methyl sites for hydroxylation is 1. The fourth-order valence-electron chi connectivity index (χ4n) is 4.22. The molecule has 0 bridgehead atoms. The highest BCUT2D eigenvalue weighted by Gasteiger charge is 2.25. The average molecular weight is 348 g/mol. The minimum absolute atomic E-state index is 1.29. The van der Waals surface area contributed by atoms with Gasteiger partial charge in [-0.05, 0) is 40.5 Å². The van der Waals surface area contributed by atoms with Gasteiger partial charge in [0, 0.05) is 26.1 Å². The molecule has 1 heteroatoms. The summed E-state index contributed by atoms with van der Waals surface area (Å²) in [7, 11) is 0. The first-order valence-corrected chi connectivity index (χ1v) is 9.77. The van der Waals surface area contributed by atoms with Gasteiger partial charge in [0.15, 0.2) is 0 Å². The van der Waals surface area contributed by atoms with Gasteiger partial charge in [-0.3, -0.25) is 0 Å². The summed E-state index contributed by atoms with van der Waals surface area (Å²) in [4.78, 5) is 1.42. The molecule has 0 saturated heterocycles. The van der Waals surface area contributed by atoms with E-state index < -0.39 is 0 Å². The Morgan fingerprint density at radius 2 is 1.42 bits per heavy atom. The van der Waals surface area contributed by atoms with Crippen molar-refractivity contribution in [1.29, 1.82) is 0 Å². The second-order valence-corrected chi connectivity index (χ2v) is 8.14. The standard InChI is InChI=1S/C25H16S/c1-15-8-10-16(11-9-15)18-12-13-19-22(14-18)26-25-21-7-3-5-17-4-2-6-20(23(17)21)24(19)25/h2-14H,1H3. The first kappa shape index (κ1) is 14.3. The van der Waals surface area contributed by atoms with E-state index >= 15 is 0 Å². The zero-order valence-electron chi connectivity index (χ0n) is 14.4. The number of fused-ring (bicyclic) bond motifs is 5. The van der Waals surface area contributed by atoms with E-state index in [1.54, 1.807) is 0 Å². The second-order valence-electron chi connectivity index (χ2n) is 7.09. The van der Waals surface area contributed by atoms with Crippen molar-refractivity contribution < 1.29 is 0 Å². The third kappa shape index (κ3) is 1.84. The van der Waals surface area contributed by atoms with E-state index in [0.717, 1.165) is 0 Å². The molecule has 0 fully saturated rings.